The lowest BCUT2D eigenvalue weighted by atomic mass is 10.2. The van der Waals surface area contributed by atoms with Gasteiger partial charge in [0.25, 0.3) is 0 Å². The fourth-order valence-electron chi connectivity index (χ4n) is 1.22. The second-order valence-corrected chi connectivity index (χ2v) is 2.92. The van der Waals surface area contributed by atoms with E-state index in [9.17, 15) is 0 Å². The third-order valence-electron chi connectivity index (χ3n) is 1.89. The van der Waals surface area contributed by atoms with Crippen molar-refractivity contribution in [3.8, 4) is 0 Å². The normalized spacial score (nSPS) is 10.0. The predicted molar refractivity (Wildman–Crippen MR) is 58.2 cm³/mol. The second-order valence-electron chi connectivity index (χ2n) is 2.92. The summed E-state index contributed by atoms with van der Waals surface area (Å²) in [5.41, 5.74) is 0.953. The van der Waals surface area contributed by atoms with Crippen LogP contribution in [0, 0.1) is 0 Å². The Labute approximate surface area is 82.5 Å². The molecule has 0 fully saturated rings. The van der Waals surface area contributed by atoms with Gasteiger partial charge in [-0.2, -0.15) is 0 Å². The van der Waals surface area contributed by atoms with Crippen molar-refractivity contribution < 1.29 is 0 Å². The average Bonchev–Trinajstić information content (AvgIpc) is 2.26. The molecule has 1 heterocycles. The average molecular weight is 185 g/mol. The lowest BCUT2D eigenvalue weighted by molar-refractivity contribution is 1.15. The highest BCUT2D eigenvalue weighted by Gasteiger charge is 1.96. The molecule has 1 aromatic heterocycles. The first-order chi connectivity index (χ1) is 6.90. The minimum Gasteiger partial charge on any atom is -0.351 e. The summed E-state index contributed by atoms with van der Waals surface area (Å²) in [5.74, 6) is 0.642. The maximum Gasteiger partial charge on any atom is 0.223 e. The zero-order valence-electron chi connectivity index (χ0n) is 7.77. The van der Waals surface area contributed by atoms with Gasteiger partial charge >= 0.3 is 0 Å². The fraction of sp³-hybridized carbons (Fsp3) is 0.0909. The van der Waals surface area contributed by atoms with Gasteiger partial charge in [0, 0.05) is 18.1 Å². The fourth-order valence-corrected chi connectivity index (χ4v) is 1.22. The molecular weight excluding hydrogens is 174 g/mol. The Hall–Kier alpha value is -1.90. The summed E-state index contributed by atoms with van der Waals surface area (Å²) in [6.07, 6.45) is 3.59. The van der Waals surface area contributed by atoms with E-state index in [1.807, 2.05) is 30.5 Å². The molecule has 1 N–H and O–H groups in total. The standard InChI is InChI=1S/C11H11N3/c1-2-7-12-11-13-8-9-5-3-4-6-10(9)14-11/h2-6,8H,1,7H2,(H,12,13,14). The molecule has 0 spiro atoms. The van der Waals surface area contributed by atoms with Crippen molar-refractivity contribution >= 4 is 16.9 Å². The van der Waals surface area contributed by atoms with Crippen molar-refractivity contribution in [3.63, 3.8) is 0 Å². The van der Waals surface area contributed by atoms with Crippen molar-refractivity contribution in [2.75, 3.05) is 11.9 Å². The molecule has 0 aliphatic rings. The molecule has 0 atom stereocenters. The van der Waals surface area contributed by atoms with Crippen LogP contribution >= 0.6 is 0 Å². The highest BCUT2D eigenvalue weighted by molar-refractivity contribution is 5.78. The van der Waals surface area contributed by atoms with Crippen LogP contribution in [0.25, 0.3) is 10.9 Å². The first-order valence-corrected chi connectivity index (χ1v) is 4.47. The molecule has 0 saturated heterocycles. The van der Waals surface area contributed by atoms with Crippen LogP contribution < -0.4 is 5.32 Å². The van der Waals surface area contributed by atoms with Gasteiger partial charge in [0.1, 0.15) is 0 Å². The number of para-hydroxylation sites is 1. The van der Waals surface area contributed by atoms with Crippen molar-refractivity contribution in [3.05, 3.63) is 43.1 Å². The third-order valence-corrected chi connectivity index (χ3v) is 1.89. The molecule has 0 aliphatic heterocycles. The van der Waals surface area contributed by atoms with E-state index in [1.165, 1.54) is 0 Å². The summed E-state index contributed by atoms with van der Waals surface area (Å²) in [7, 11) is 0. The number of hydrogen-bond acceptors (Lipinski definition) is 3. The molecule has 2 rings (SSSR count). The molecule has 3 heteroatoms. The summed E-state index contributed by atoms with van der Waals surface area (Å²) in [6, 6.07) is 7.90. The van der Waals surface area contributed by atoms with Crippen molar-refractivity contribution in [2.24, 2.45) is 0 Å². The summed E-state index contributed by atoms with van der Waals surface area (Å²) in [6.45, 7) is 4.30. The number of nitrogens with one attached hydrogen (secondary N) is 1. The lowest BCUT2D eigenvalue weighted by Gasteiger charge is -2.02. The summed E-state index contributed by atoms with van der Waals surface area (Å²) in [4.78, 5) is 8.52. The highest BCUT2D eigenvalue weighted by atomic mass is 15.1. The quantitative estimate of drug-likeness (QED) is 0.745. The van der Waals surface area contributed by atoms with Crippen LogP contribution in [0.3, 0.4) is 0 Å². The Morgan fingerprint density at radius 1 is 1.36 bits per heavy atom. The zero-order valence-corrected chi connectivity index (χ0v) is 7.77. The van der Waals surface area contributed by atoms with E-state index >= 15 is 0 Å². The Balaban J connectivity index is 2.36. The van der Waals surface area contributed by atoms with Crippen LogP contribution in [-0.2, 0) is 0 Å². The molecule has 0 bridgehead atoms. The van der Waals surface area contributed by atoms with Crippen LogP contribution in [0.4, 0.5) is 5.95 Å². The smallest absolute Gasteiger partial charge is 0.223 e. The van der Waals surface area contributed by atoms with Gasteiger partial charge in [-0.3, -0.25) is 0 Å². The van der Waals surface area contributed by atoms with Crippen molar-refractivity contribution in [1.29, 1.82) is 0 Å². The van der Waals surface area contributed by atoms with Gasteiger partial charge in [0.2, 0.25) is 5.95 Å². The minimum atomic E-state index is 0.642. The van der Waals surface area contributed by atoms with Gasteiger partial charge in [-0.25, -0.2) is 9.97 Å². The Bertz CT molecular complexity index is 451. The molecule has 3 nitrogen and oxygen atoms in total. The van der Waals surface area contributed by atoms with Gasteiger partial charge in [0.15, 0.2) is 0 Å². The lowest BCUT2D eigenvalue weighted by Crippen LogP contribution is -2.02. The minimum absolute atomic E-state index is 0.642. The monoisotopic (exact) mass is 185 g/mol. The van der Waals surface area contributed by atoms with Crippen molar-refractivity contribution in [1.82, 2.24) is 9.97 Å². The zero-order chi connectivity index (χ0) is 9.80. The maximum atomic E-state index is 4.34. The molecule has 0 unspecified atom stereocenters. The number of rotatable bonds is 3. The van der Waals surface area contributed by atoms with Gasteiger partial charge in [-0.1, -0.05) is 24.3 Å². The van der Waals surface area contributed by atoms with E-state index in [0.717, 1.165) is 10.9 Å². The predicted octanol–water partition coefficient (Wildman–Crippen LogP) is 2.23. The van der Waals surface area contributed by atoms with E-state index in [-0.39, 0.29) is 0 Å². The van der Waals surface area contributed by atoms with Crippen LogP contribution in [0.2, 0.25) is 0 Å². The molecule has 14 heavy (non-hydrogen) atoms. The van der Waals surface area contributed by atoms with Gasteiger partial charge in [0.05, 0.1) is 5.52 Å². The topological polar surface area (TPSA) is 37.8 Å². The number of aromatic nitrogens is 2. The van der Waals surface area contributed by atoms with E-state index in [1.54, 1.807) is 6.08 Å². The van der Waals surface area contributed by atoms with E-state index in [0.29, 0.717) is 12.5 Å². The molecule has 0 amide bonds. The van der Waals surface area contributed by atoms with E-state index < -0.39 is 0 Å². The first-order valence-electron chi connectivity index (χ1n) is 4.47. The molecule has 0 aliphatic carbocycles. The summed E-state index contributed by atoms with van der Waals surface area (Å²) in [5, 5.41) is 4.10. The van der Waals surface area contributed by atoms with E-state index in [2.05, 4.69) is 21.9 Å². The first kappa shape index (κ1) is 8.69. The Kier molecular flexibility index (Phi) is 2.40. The maximum absolute atomic E-state index is 4.34. The van der Waals surface area contributed by atoms with Crippen LogP contribution in [0.1, 0.15) is 0 Å². The van der Waals surface area contributed by atoms with Crippen LogP contribution in [0.15, 0.2) is 43.1 Å². The summed E-state index contributed by atoms with van der Waals surface area (Å²) < 4.78 is 0. The molecule has 0 saturated carbocycles. The molecule has 70 valence electrons. The Morgan fingerprint density at radius 3 is 3.07 bits per heavy atom. The SMILES string of the molecule is C=CCNc1ncc2ccccc2n1. The van der Waals surface area contributed by atoms with Gasteiger partial charge in [-0.15, -0.1) is 6.58 Å². The molecule has 1 aromatic carbocycles. The highest BCUT2D eigenvalue weighted by Crippen LogP contribution is 2.11. The third kappa shape index (κ3) is 1.71. The van der Waals surface area contributed by atoms with Crippen molar-refractivity contribution in [2.45, 2.75) is 0 Å². The second kappa shape index (κ2) is 3.87. The van der Waals surface area contributed by atoms with Gasteiger partial charge in [-0.05, 0) is 6.07 Å². The largest absolute Gasteiger partial charge is 0.351 e. The molecule has 0 radical (unpaired) electrons. The van der Waals surface area contributed by atoms with Crippen LogP contribution in [0.5, 0.6) is 0 Å². The number of fused-ring (bicyclic) bond motifs is 1. The summed E-state index contributed by atoms with van der Waals surface area (Å²) >= 11 is 0. The number of benzene rings is 1. The number of hydrogen-bond donors (Lipinski definition) is 1. The van der Waals surface area contributed by atoms with E-state index in [4.69, 9.17) is 0 Å². The number of anilines is 1. The Morgan fingerprint density at radius 2 is 2.21 bits per heavy atom. The van der Waals surface area contributed by atoms with Gasteiger partial charge < -0.3 is 5.32 Å². The molecule has 2 aromatic rings. The van der Waals surface area contributed by atoms with Crippen LogP contribution in [-0.4, -0.2) is 16.5 Å². The number of nitrogens with zero attached hydrogens (tertiary/aromatic N) is 2. The molecular formula is C11H11N3.